The quantitative estimate of drug-likeness (QED) is 0.414. The van der Waals surface area contributed by atoms with Crippen molar-refractivity contribution in [3.05, 3.63) is 89.5 Å². The summed E-state index contributed by atoms with van der Waals surface area (Å²) >= 11 is 0. The van der Waals surface area contributed by atoms with E-state index in [1.54, 1.807) is 12.3 Å². The van der Waals surface area contributed by atoms with Crippen LogP contribution in [0.1, 0.15) is 55.8 Å². The molecule has 2 heterocycles. The minimum Gasteiger partial charge on any atom is -0.260 e. The molecule has 0 aliphatic heterocycles. The fraction of sp³-hybridized carbons (Fsp3) is 0.320. The van der Waals surface area contributed by atoms with E-state index in [2.05, 4.69) is 28.5 Å². The monoisotopic (exact) mass is 389 g/mol. The van der Waals surface area contributed by atoms with Gasteiger partial charge < -0.3 is 0 Å². The van der Waals surface area contributed by atoms with E-state index < -0.39 is 0 Å². The predicted molar refractivity (Wildman–Crippen MR) is 116 cm³/mol. The number of benzene rings is 1. The number of nitrogens with zero attached hydrogens (tertiary/aromatic N) is 3. The van der Waals surface area contributed by atoms with Crippen LogP contribution in [0.15, 0.2) is 61.1 Å². The molecule has 4 heteroatoms. The highest BCUT2D eigenvalue weighted by Crippen LogP contribution is 2.28. The molecule has 3 aromatic rings. The Balaban J connectivity index is 1.77. The summed E-state index contributed by atoms with van der Waals surface area (Å²) in [5.41, 5.74) is 6.26. The molecule has 0 amide bonds. The van der Waals surface area contributed by atoms with E-state index in [-0.39, 0.29) is 5.82 Å². The van der Waals surface area contributed by atoms with Crippen LogP contribution in [0.5, 0.6) is 0 Å². The highest BCUT2D eigenvalue weighted by atomic mass is 19.1. The van der Waals surface area contributed by atoms with Gasteiger partial charge in [0.15, 0.2) is 0 Å². The van der Waals surface area contributed by atoms with Gasteiger partial charge in [-0.15, -0.1) is 0 Å². The summed E-state index contributed by atoms with van der Waals surface area (Å²) in [7, 11) is 0. The lowest BCUT2D eigenvalue weighted by Gasteiger charge is -2.13. The van der Waals surface area contributed by atoms with Crippen molar-refractivity contribution in [2.45, 2.75) is 52.4 Å². The Morgan fingerprint density at radius 2 is 1.79 bits per heavy atom. The maximum atomic E-state index is 13.7. The van der Waals surface area contributed by atoms with Crippen LogP contribution in [0.25, 0.3) is 11.1 Å². The summed E-state index contributed by atoms with van der Waals surface area (Å²) in [5, 5.41) is 0. The molecule has 0 unspecified atom stereocenters. The maximum absolute atomic E-state index is 13.7. The Kier molecular flexibility index (Phi) is 7.23. The molecular weight excluding hydrogens is 361 g/mol. The van der Waals surface area contributed by atoms with Crippen molar-refractivity contribution in [3.8, 4) is 11.1 Å². The van der Waals surface area contributed by atoms with E-state index in [4.69, 9.17) is 0 Å². The fourth-order valence-corrected chi connectivity index (χ4v) is 3.50. The number of hydrogen-bond acceptors (Lipinski definition) is 3. The van der Waals surface area contributed by atoms with E-state index in [0.29, 0.717) is 6.42 Å². The third-order valence-corrected chi connectivity index (χ3v) is 5.06. The van der Waals surface area contributed by atoms with Gasteiger partial charge in [0.25, 0.3) is 0 Å². The number of allylic oxidation sites excluding steroid dienone is 1. The van der Waals surface area contributed by atoms with Gasteiger partial charge in [-0.25, -0.2) is 14.4 Å². The summed E-state index contributed by atoms with van der Waals surface area (Å²) in [5.74, 6) is 0.640. The molecule has 1 aromatic carbocycles. The van der Waals surface area contributed by atoms with Crippen molar-refractivity contribution in [2.75, 3.05) is 0 Å². The normalized spacial score (nSPS) is 10.9. The van der Waals surface area contributed by atoms with Gasteiger partial charge in [-0.2, -0.15) is 0 Å². The van der Waals surface area contributed by atoms with E-state index in [1.807, 2.05) is 37.5 Å². The first-order chi connectivity index (χ1) is 14.1. The van der Waals surface area contributed by atoms with Crippen molar-refractivity contribution in [1.29, 1.82) is 0 Å². The highest BCUT2D eigenvalue weighted by molar-refractivity contribution is 5.70. The second kappa shape index (κ2) is 10.1. The van der Waals surface area contributed by atoms with Crippen LogP contribution >= 0.6 is 0 Å². The van der Waals surface area contributed by atoms with Crippen molar-refractivity contribution in [1.82, 2.24) is 15.0 Å². The zero-order chi connectivity index (χ0) is 20.6. The second-order valence-electron chi connectivity index (χ2n) is 7.34. The third kappa shape index (κ3) is 5.57. The molecule has 0 aliphatic rings. The lowest BCUT2D eigenvalue weighted by atomic mass is 9.95. The average molecular weight is 390 g/mol. The molecule has 0 aliphatic carbocycles. The van der Waals surface area contributed by atoms with Crippen molar-refractivity contribution in [3.63, 3.8) is 0 Å². The SMILES string of the molecule is C=C(CCC)CCc1ncc(Cc2ncccc2-c2ccc(F)cc2CC)cn1. The highest BCUT2D eigenvalue weighted by Gasteiger charge is 2.12. The third-order valence-electron chi connectivity index (χ3n) is 5.06. The predicted octanol–water partition coefficient (Wildman–Crippen LogP) is 6.12. The maximum Gasteiger partial charge on any atom is 0.128 e. The molecule has 0 spiro atoms. The first-order valence-corrected chi connectivity index (χ1v) is 10.3. The molecule has 3 rings (SSSR count). The summed E-state index contributed by atoms with van der Waals surface area (Å²) in [6.45, 7) is 8.31. The number of aryl methyl sites for hydroxylation is 2. The molecule has 0 bridgehead atoms. The number of halogens is 1. The van der Waals surface area contributed by atoms with E-state index in [9.17, 15) is 4.39 Å². The molecule has 29 heavy (non-hydrogen) atoms. The van der Waals surface area contributed by atoms with Gasteiger partial charge in [-0.3, -0.25) is 4.98 Å². The van der Waals surface area contributed by atoms with Crippen LogP contribution in [-0.2, 0) is 19.3 Å². The number of aromatic nitrogens is 3. The van der Waals surface area contributed by atoms with Crippen LogP contribution in [0.3, 0.4) is 0 Å². The molecule has 0 atom stereocenters. The summed E-state index contributed by atoms with van der Waals surface area (Å²) in [4.78, 5) is 13.6. The molecule has 150 valence electrons. The molecule has 0 saturated heterocycles. The van der Waals surface area contributed by atoms with Crippen LogP contribution in [0.4, 0.5) is 4.39 Å². The van der Waals surface area contributed by atoms with Crippen molar-refractivity contribution >= 4 is 0 Å². The Hall–Kier alpha value is -2.88. The van der Waals surface area contributed by atoms with Gasteiger partial charge in [0, 0.05) is 37.0 Å². The fourth-order valence-electron chi connectivity index (χ4n) is 3.50. The van der Waals surface area contributed by atoms with E-state index in [1.165, 1.54) is 11.6 Å². The lowest BCUT2D eigenvalue weighted by Crippen LogP contribution is -2.01. The van der Waals surface area contributed by atoms with Crippen LogP contribution in [0.2, 0.25) is 0 Å². The van der Waals surface area contributed by atoms with Gasteiger partial charge in [0.05, 0.1) is 5.69 Å². The summed E-state index contributed by atoms with van der Waals surface area (Å²) in [6.07, 6.45) is 10.9. The zero-order valence-electron chi connectivity index (χ0n) is 17.3. The first kappa shape index (κ1) is 20.8. The number of rotatable bonds is 9. The molecule has 2 aromatic heterocycles. The van der Waals surface area contributed by atoms with Gasteiger partial charge >= 0.3 is 0 Å². The van der Waals surface area contributed by atoms with E-state index >= 15 is 0 Å². The largest absolute Gasteiger partial charge is 0.260 e. The smallest absolute Gasteiger partial charge is 0.128 e. The Morgan fingerprint density at radius 1 is 1.00 bits per heavy atom. The molecular formula is C25H28FN3. The average Bonchev–Trinajstić information content (AvgIpc) is 2.74. The van der Waals surface area contributed by atoms with Gasteiger partial charge in [-0.1, -0.05) is 44.6 Å². The van der Waals surface area contributed by atoms with Crippen molar-refractivity contribution < 1.29 is 4.39 Å². The van der Waals surface area contributed by atoms with Crippen LogP contribution in [0, 0.1) is 5.82 Å². The minimum atomic E-state index is -0.207. The summed E-state index contributed by atoms with van der Waals surface area (Å²) < 4.78 is 13.7. The van der Waals surface area contributed by atoms with Crippen molar-refractivity contribution in [2.24, 2.45) is 0 Å². The Labute approximate surface area is 172 Å². The Bertz CT molecular complexity index is 964. The standard InChI is InChI=1S/C25H28FN3/c1-4-7-18(3)9-12-25-28-16-19(17-29-25)14-24-23(8-6-13-27-24)22-11-10-21(26)15-20(22)5-2/h6,8,10-11,13,15-17H,3-5,7,9,12,14H2,1-2H3. The second-order valence-corrected chi connectivity index (χ2v) is 7.34. The number of hydrogen-bond donors (Lipinski definition) is 0. The summed E-state index contributed by atoms with van der Waals surface area (Å²) in [6, 6.07) is 8.93. The van der Waals surface area contributed by atoms with Gasteiger partial charge in [0.1, 0.15) is 11.6 Å². The minimum absolute atomic E-state index is 0.207. The first-order valence-electron chi connectivity index (χ1n) is 10.3. The lowest BCUT2D eigenvalue weighted by molar-refractivity contribution is 0.626. The number of pyridine rings is 1. The van der Waals surface area contributed by atoms with Gasteiger partial charge in [0.2, 0.25) is 0 Å². The molecule has 0 N–H and O–H groups in total. The van der Waals surface area contributed by atoms with Gasteiger partial charge in [-0.05, 0) is 54.2 Å². The molecule has 0 radical (unpaired) electrons. The topological polar surface area (TPSA) is 38.7 Å². The Morgan fingerprint density at radius 3 is 2.52 bits per heavy atom. The molecule has 0 saturated carbocycles. The zero-order valence-corrected chi connectivity index (χ0v) is 17.3. The van der Waals surface area contributed by atoms with Crippen LogP contribution in [-0.4, -0.2) is 15.0 Å². The molecule has 3 nitrogen and oxygen atoms in total. The van der Waals surface area contributed by atoms with Crippen LogP contribution < -0.4 is 0 Å². The molecule has 0 fully saturated rings. The van der Waals surface area contributed by atoms with E-state index in [0.717, 1.165) is 65.9 Å².